The molecule has 5 aliphatic heterocycles. The van der Waals surface area contributed by atoms with E-state index in [1.807, 2.05) is 0 Å². The molecule has 5 atom stereocenters. The van der Waals surface area contributed by atoms with Crippen molar-refractivity contribution in [1.82, 2.24) is 26.6 Å². The van der Waals surface area contributed by atoms with E-state index < -0.39 is 0 Å². The molecule has 5 N–H and O–H groups in total. The minimum absolute atomic E-state index is 0.266. The lowest BCUT2D eigenvalue weighted by Gasteiger charge is -2.40. The summed E-state index contributed by atoms with van der Waals surface area (Å²) in [5, 5.41) is 17.0. The van der Waals surface area contributed by atoms with Crippen LogP contribution in [0, 0.1) is 59.2 Å². The van der Waals surface area contributed by atoms with Crippen molar-refractivity contribution in [2.45, 2.75) is 171 Å². The zero-order valence-corrected chi connectivity index (χ0v) is 37.6. The molecule has 5 heterocycles. The number of allylic oxidation sites excluding steroid dienone is 5. The molecule has 53 heavy (non-hydrogen) atoms. The van der Waals surface area contributed by atoms with Gasteiger partial charge >= 0.3 is 0 Å². The smallest absolute Gasteiger partial charge is 0.0379 e. The third kappa shape index (κ3) is 15.0. The lowest BCUT2D eigenvalue weighted by molar-refractivity contribution is 0.250. The second-order valence-electron chi connectivity index (χ2n) is 20.5. The predicted octanol–water partition coefficient (Wildman–Crippen LogP) is 11.7. The molecule has 5 saturated heterocycles. The van der Waals surface area contributed by atoms with Crippen LogP contribution in [0.3, 0.4) is 0 Å². The fraction of sp³-hybridized carbons (Fsp3) is 0.792. The Bertz CT molecular complexity index is 1180. The van der Waals surface area contributed by atoms with Crippen LogP contribution < -0.4 is 26.6 Å². The summed E-state index contributed by atoms with van der Waals surface area (Å²) < 4.78 is 0. The third-order valence-corrected chi connectivity index (χ3v) is 12.8. The van der Waals surface area contributed by atoms with Crippen molar-refractivity contribution in [2.24, 2.45) is 59.2 Å². The number of nitrogens with one attached hydrogen (secondary N) is 5. The van der Waals surface area contributed by atoms with Gasteiger partial charge in [0.25, 0.3) is 0 Å². The van der Waals surface area contributed by atoms with Gasteiger partial charge in [0.05, 0.1) is 0 Å². The Labute approximate surface area is 330 Å². The second kappa shape index (κ2) is 20.0. The number of hydrogen-bond donors (Lipinski definition) is 5. The van der Waals surface area contributed by atoms with Crippen LogP contribution in [0.2, 0.25) is 0 Å². The first-order chi connectivity index (χ1) is 24.4. The summed E-state index contributed by atoms with van der Waals surface area (Å²) in [6, 6.07) is 0. The van der Waals surface area contributed by atoms with Gasteiger partial charge in [-0.3, -0.25) is 0 Å². The van der Waals surface area contributed by atoms with Crippen LogP contribution in [0.1, 0.15) is 155 Å². The summed E-state index contributed by atoms with van der Waals surface area (Å²) in [6.45, 7) is 54.1. The molecule has 5 nitrogen and oxygen atoms in total. The normalized spacial score (nSPS) is 29.0. The first-order valence-electron chi connectivity index (χ1n) is 21.7. The van der Waals surface area contributed by atoms with E-state index in [-0.39, 0.29) is 11.1 Å². The van der Waals surface area contributed by atoms with Gasteiger partial charge in [0, 0.05) is 87.8 Å². The lowest BCUT2D eigenvalue weighted by atomic mass is 9.80. The van der Waals surface area contributed by atoms with Gasteiger partial charge in [-0.15, -0.1) is 0 Å². The maximum atomic E-state index is 4.10. The molecule has 1 aliphatic carbocycles. The lowest BCUT2D eigenvalue weighted by Crippen LogP contribution is -2.45. The topological polar surface area (TPSA) is 60.1 Å². The van der Waals surface area contributed by atoms with E-state index in [1.54, 1.807) is 0 Å². The van der Waals surface area contributed by atoms with Crippen molar-refractivity contribution in [2.75, 3.05) is 13.1 Å². The van der Waals surface area contributed by atoms with E-state index in [0.717, 1.165) is 54.5 Å². The van der Waals surface area contributed by atoms with E-state index in [1.165, 1.54) is 86.3 Å². The van der Waals surface area contributed by atoms with E-state index in [4.69, 9.17) is 0 Å². The first kappa shape index (κ1) is 46.9. The van der Waals surface area contributed by atoms with Crippen LogP contribution in [-0.2, 0) is 0 Å². The van der Waals surface area contributed by atoms with E-state index in [0.29, 0.717) is 23.3 Å². The Balaban J connectivity index is 0.000000230. The Morgan fingerprint density at radius 1 is 0.434 bits per heavy atom. The Kier molecular flexibility index (Phi) is 17.7. The van der Waals surface area contributed by atoms with Crippen LogP contribution in [0.4, 0.5) is 0 Å². The summed E-state index contributed by atoms with van der Waals surface area (Å²) in [5.74, 6) is 7.24. The predicted molar refractivity (Wildman–Crippen MR) is 235 cm³/mol. The highest BCUT2D eigenvalue weighted by atomic mass is 15.1. The van der Waals surface area contributed by atoms with Crippen LogP contribution in [-0.4, -0.2) is 29.7 Å². The molecule has 6 fully saturated rings. The van der Waals surface area contributed by atoms with Gasteiger partial charge < -0.3 is 26.6 Å². The molecule has 5 heteroatoms. The van der Waals surface area contributed by atoms with Gasteiger partial charge in [0.15, 0.2) is 0 Å². The molecule has 1 spiro atoms. The first-order valence-corrected chi connectivity index (χ1v) is 21.7. The maximum absolute atomic E-state index is 4.10. The minimum atomic E-state index is 0.266. The van der Waals surface area contributed by atoms with E-state index in [2.05, 4.69) is 156 Å². The van der Waals surface area contributed by atoms with Gasteiger partial charge in [-0.2, -0.15) is 0 Å². The van der Waals surface area contributed by atoms with Crippen molar-refractivity contribution in [3.05, 3.63) is 61.4 Å². The molecular formula is C48H89N5. The molecule has 0 aromatic carbocycles. The Morgan fingerprint density at radius 3 is 1.13 bits per heavy atom. The van der Waals surface area contributed by atoms with E-state index >= 15 is 0 Å². The quantitative estimate of drug-likeness (QED) is 0.195. The molecular weight excluding hydrogens is 647 g/mol. The molecule has 6 aliphatic rings. The molecule has 0 aromatic heterocycles. The summed E-state index contributed by atoms with van der Waals surface area (Å²) in [7, 11) is 0. The summed E-state index contributed by atoms with van der Waals surface area (Å²) in [5.41, 5.74) is 7.30. The minimum Gasteiger partial charge on any atom is -0.389 e. The van der Waals surface area contributed by atoms with Crippen molar-refractivity contribution < 1.29 is 0 Å². The van der Waals surface area contributed by atoms with Gasteiger partial charge in [-0.1, -0.05) is 102 Å². The summed E-state index contributed by atoms with van der Waals surface area (Å²) in [4.78, 5) is 0. The zero-order chi connectivity index (χ0) is 40.5. The zero-order valence-electron chi connectivity index (χ0n) is 37.6. The fourth-order valence-corrected chi connectivity index (χ4v) is 9.09. The maximum Gasteiger partial charge on any atom is 0.0379 e. The highest BCUT2D eigenvalue weighted by Gasteiger charge is 2.50. The second-order valence-corrected chi connectivity index (χ2v) is 20.5. The molecule has 0 amide bonds. The third-order valence-electron chi connectivity index (χ3n) is 12.8. The summed E-state index contributed by atoms with van der Waals surface area (Å²) >= 11 is 0. The van der Waals surface area contributed by atoms with Gasteiger partial charge in [-0.25, -0.2) is 0 Å². The highest BCUT2D eigenvalue weighted by molar-refractivity contribution is 5.21. The molecule has 5 unspecified atom stereocenters. The monoisotopic (exact) mass is 736 g/mol. The van der Waals surface area contributed by atoms with Crippen LogP contribution >= 0.6 is 0 Å². The van der Waals surface area contributed by atoms with Crippen molar-refractivity contribution >= 4 is 0 Å². The van der Waals surface area contributed by atoms with Crippen molar-refractivity contribution in [1.29, 1.82) is 0 Å². The molecule has 306 valence electrons. The average Bonchev–Trinajstić information content (AvgIpc) is 3.32. The van der Waals surface area contributed by atoms with Crippen molar-refractivity contribution in [3.8, 4) is 0 Å². The molecule has 0 bridgehead atoms. The Hall–Kier alpha value is -2.30. The standard InChI is InChI=1S/C11H21N.C10H17N.C10H19N.C9H17N.C8H15N/c1-8(2)10-6-7-11(4,5)12-9(10)3;1-7(2)9-6-10(4-5-10)11-8(9)3;1-7(2)9-6-10(4,5)11-8(9)3;1-7(2)9-5-4-6-10-8(9)3;1-6(2)8-4-5-9-7(8)3/h8,10,12H,3,6-7H2,1-2,4-5H3;7,9,11H,3-6H2,1-2H3;7,9,11H,3,6H2,1-2,4-5H3;7,9-10H,3-6H2,1-2H3;6,8-9H,3-5H2,1-2H3. The molecule has 1 saturated carbocycles. The van der Waals surface area contributed by atoms with Gasteiger partial charge in [0.2, 0.25) is 0 Å². The molecule has 0 radical (unpaired) electrons. The van der Waals surface area contributed by atoms with Crippen LogP contribution in [0.15, 0.2) is 61.4 Å². The average molecular weight is 736 g/mol. The van der Waals surface area contributed by atoms with Crippen LogP contribution in [0.25, 0.3) is 0 Å². The van der Waals surface area contributed by atoms with E-state index in [9.17, 15) is 0 Å². The number of rotatable bonds is 5. The fourth-order valence-electron chi connectivity index (χ4n) is 9.09. The van der Waals surface area contributed by atoms with Crippen LogP contribution in [0.5, 0.6) is 0 Å². The molecule has 0 aromatic rings. The van der Waals surface area contributed by atoms with Crippen molar-refractivity contribution in [3.63, 3.8) is 0 Å². The summed E-state index contributed by atoms with van der Waals surface area (Å²) in [6.07, 6.45) is 11.8. The number of hydrogen-bond acceptors (Lipinski definition) is 5. The SMILES string of the molecule is C=C1NC(C)(C)CC1C(C)C.C=C1NC(C)(C)CCC1C(C)C.C=C1NC2(CC2)CC1C(C)C.C=C1NCCC1C(C)C.C=C1NCCCC1C(C)C. The Morgan fingerprint density at radius 2 is 0.830 bits per heavy atom. The van der Waals surface area contributed by atoms with Gasteiger partial charge in [0.1, 0.15) is 0 Å². The largest absolute Gasteiger partial charge is 0.389 e. The van der Waals surface area contributed by atoms with Gasteiger partial charge in [-0.05, 0) is 115 Å². The number of piperidine rings is 2. The highest BCUT2D eigenvalue weighted by Crippen LogP contribution is 2.49. The molecule has 6 rings (SSSR count).